The van der Waals surface area contributed by atoms with Crippen LogP contribution in [0, 0.1) is 0 Å². The van der Waals surface area contributed by atoms with E-state index in [9.17, 15) is 4.79 Å². The van der Waals surface area contributed by atoms with E-state index in [1.54, 1.807) is 12.1 Å². The van der Waals surface area contributed by atoms with Crippen LogP contribution in [0.15, 0.2) is 36.4 Å². The van der Waals surface area contributed by atoms with E-state index < -0.39 is 0 Å². The molecule has 0 saturated carbocycles. The Morgan fingerprint density at radius 2 is 1.52 bits per heavy atom. The van der Waals surface area contributed by atoms with E-state index in [1.165, 1.54) is 27.0 Å². The average molecular weight is 445 g/mol. The van der Waals surface area contributed by atoms with E-state index in [-0.39, 0.29) is 11.0 Å². The molecule has 1 heterocycles. The number of piperazine rings is 1. The molecule has 0 aliphatic carbocycles. The minimum Gasteiger partial charge on any atom is -0.493 e. The van der Waals surface area contributed by atoms with Crippen LogP contribution in [0.3, 0.4) is 0 Å². The molecule has 0 aromatic heterocycles. The Hall–Kier alpha value is -3.04. The van der Waals surface area contributed by atoms with Gasteiger partial charge in [-0.05, 0) is 55.7 Å². The molecule has 9 heteroatoms. The lowest BCUT2D eigenvalue weighted by Gasteiger charge is -2.34. The molecule has 1 amide bonds. The maximum atomic E-state index is 12.7. The first kappa shape index (κ1) is 22.6. The first-order valence-corrected chi connectivity index (χ1v) is 10.3. The first-order chi connectivity index (χ1) is 14.9. The second kappa shape index (κ2) is 10.3. The third-order valence-corrected chi connectivity index (χ3v) is 5.35. The fourth-order valence-electron chi connectivity index (χ4n) is 3.37. The van der Waals surface area contributed by atoms with Crippen molar-refractivity contribution in [2.75, 3.05) is 64.8 Å². The molecule has 1 saturated heterocycles. The summed E-state index contributed by atoms with van der Waals surface area (Å²) in [5.41, 5.74) is 2.31. The molecule has 1 aliphatic heterocycles. The first-order valence-electron chi connectivity index (χ1n) is 9.91. The van der Waals surface area contributed by atoms with Crippen LogP contribution >= 0.6 is 12.2 Å². The number of amides is 1. The van der Waals surface area contributed by atoms with E-state index in [0.717, 1.165) is 31.9 Å². The molecule has 1 aliphatic rings. The second-order valence-corrected chi connectivity index (χ2v) is 7.57. The maximum absolute atomic E-state index is 12.7. The summed E-state index contributed by atoms with van der Waals surface area (Å²) in [5, 5.41) is 5.93. The van der Waals surface area contributed by atoms with Crippen molar-refractivity contribution in [3.8, 4) is 17.2 Å². The zero-order valence-corrected chi connectivity index (χ0v) is 19.0. The molecule has 0 spiro atoms. The number of methoxy groups -OCH3 is 3. The van der Waals surface area contributed by atoms with Crippen molar-refractivity contribution in [2.45, 2.75) is 0 Å². The highest BCUT2D eigenvalue weighted by Crippen LogP contribution is 2.38. The number of thiocarbonyl (C=S) groups is 1. The van der Waals surface area contributed by atoms with E-state index in [2.05, 4.69) is 39.6 Å². The van der Waals surface area contributed by atoms with Crippen LogP contribution in [0.2, 0.25) is 0 Å². The minimum atomic E-state index is -0.384. The lowest BCUT2D eigenvalue weighted by atomic mass is 10.1. The van der Waals surface area contributed by atoms with Gasteiger partial charge in [0.25, 0.3) is 5.91 Å². The van der Waals surface area contributed by atoms with Gasteiger partial charge in [0.1, 0.15) is 0 Å². The highest BCUT2D eigenvalue weighted by molar-refractivity contribution is 7.80. The van der Waals surface area contributed by atoms with Gasteiger partial charge in [0.05, 0.1) is 21.3 Å². The van der Waals surface area contributed by atoms with Crippen LogP contribution < -0.4 is 29.7 Å². The maximum Gasteiger partial charge on any atom is 0.257 e. The van der Waals surface area contributed by atoms with Crippen molar-refractivity contribution in [1.29, 1.82) is 0 Å². The van der Waals surface area contributed by atoms with Crippen molar-refractivity contribution in [2.24, 2.45) is 0 Å². The van der Waals surface area contributed by atoms with Crippen LogP contribution in [-0.2, 0) is 0 Å². The highest BCUT2D eigenvalue weighted by atomic mass is 32.1. The van der Waals surface area contributed by atoms with Gasteiger partial charge in [-0.1, -0.05) is 0 Å². The summed E-state index contributed by atoms with van der Waals surface area (Å²) in [4.78, 5) is 17.3. The van der Waals surface area contributed by atoms with E-state index in [1.807, 2.05) is 12.1 Å². The Morgan fingerprint density at radius 1 is 0.935 bits per heavy atom. The zero-order valence-electron chi connectivity index (χ0n) is 18.2. The Kier molecular flexibility index (Phi) is 7.54. The van der Waals surface area contributed by atoms with E-state index in [4.69, 9.17) is 26.4 Å². The number of rotatable bonds is 6. The number of nitrogens with one attached hydrogen (secondary N) is 2. The van der Waals surface area contributed by atoms with Gasteiger partial charge in [-0.2, -0.15) is 0 Å². The topological polar surface area (TPSA) is 75.3 Å². The Morgan fingerprint density at radius 3 is 2.03 bits per heavy atom. The van der Waals surface area contributed by atoms with Gasteiger partial charge in [0.15, 0.2) is 16.6 Å². The molecule has 0 radical (unpaired) electrons. The normalized spacial score (nSPS) is 14.0. The minimum absolute atomic E-state index is 0.200. The summed E-state index contributed by atoms with van der Waals surface area (Å²) >= 11 is 5.31. The summed E-state index contributed by atoms with van der Waals surface area (Å²) in [5.74, 6) is 0.823. The van der Waals surface area contributed by atoms with Gasteiger partial charge < -0.3 is 29.3 Å². The van der Waals surface area contributed by atoms with Crippen molar-refractivity contribution in [3.63, 3.8) is 0 Å². The molecule has 31 heavy (non-hydrogen) atoms. The number of hydrogen-bond acceptors (Lipinski definition) is 7. The van der Waals surface area contributed by atoms with Crippen molar-refractivity contribution in [3.05, 3.63) is 42.0 Å². The van der Waals surface area contributed by atoms with Crippen molar-refractivity contribution < 1.29 is 19.0 Å². The Labute approximate surface area is 188 Å². The summed E-state index contributed by atoms with van der Waals surface area (Å²) in [6, 6.07) is 11.2. The third kappa shape index (κ3) is 5.56. The molecule has 2 aromatic carbocycles. The predicted molar refractivity (Wildman–Crippen MR) is 126 cm³/mol. The van der Waals surface area contributed by atoms with Crippen LogP contribution in [0.5, 0.6) is 17.2 Å². The summed E-state index contributed by atoms with van der Waals surface area (Å²) in [6.45, 7) is 4.12. The number of anilines is 2. The lowest BCUT2D eigenvalue weighted by molar-refractivity contribution is 0.0977. The SMILES string of the molecule is COc1cc(C(=O)NC(=S)Nc2ccc(N3CCN(C)CC3)cc2)cc(OC)c1OC. The predicted octanol–water partition coefficient (Wildman–Crippen LogP) is 2.59. The molecule has 8 nitrogen and oxygen atoms in total. The molecular weight excluding hydrogens is 416 g/mol. The summed E-state index contributed by atoms with van der Waals surface area (Å²) < 4.78 is 15.9. The molecule has 0 unspecified atom stereocenters. The molecule has 166 valence electrons. The number of ether oxygens (including phenoxy) is 3. The quantitative estimate of drug-likeness (QED) is 0.659. The number of benzene rings is 2. The number of carbonyl (C=O) groups excluding carboxylic acids is 1. The lowest BCUT2D eigenvalue weighted by Crippen LogP contribution is -2.44. The molecule has 2 aromatic rings. The fourth-order valence-corrected chi connectivity index (χ4v) is 3.58. The van der Waals surface area contributed by atoms with Gasteiger partial charge in [0.2, 0.25) is 5.75 Å². The van der Waals surface area contributed by atoms with Crippen LogP contribution in [0.25, 0.3) is 0 Å². The number of carbonyl (C=O) groups is 1. The highest BCUT2D eigenvalue weighted by Gasteiger charge is 2.18. The zero-order chi connectivity index (χ0) is 22.4. The van der Waals surface area contributed by atoms with Crippen molar-refractivity contribution >= 4 is 34.6 Å². The van der Waals surface area contributed by atoms with Crippen LogP contribution in [0.1, 0.15) is 10.4 Å². The Bertz CT molecular complexity index is 903. The summed E-state index contributed by atoms with van der Waals surface area (Å²) in [7, 11) is 6.64. The second-order valence-electron chi connectivity index (χ2n) is 7.16. The van der Waals surface area contributed by atoms with Crippen LogP contribution in [-0.4, -0.2) is 70.5 Å². The number of likely N-dealkylation sites (N-methyl/N-ethyl adjacent to an activating group) is 1. The number of hydrogen-bond donors (Lipinski definition) is 2. The Balaban J connectivity index is 1.62. The van der Waals surface area contributed by atoms with E-state index >= 15 is 0 Å². The fraction of sp³-hybridized carbons (Fsp3) is 0.364. The molecule has 0 bridgehead atoms. The molecule has 3 rings (SSSR count). The largest absolute Gasteiger partial charge is 0.493 e. The standard InChI is InChI=1S/C22H28N4O4S/c1-25-9-11-26(12-10-25)17-7-5-16(6-8-17)23-22(31)24-21(27)15-13-18(28-2)20(30-4)19(14-15)29-3/h5-8,13-14H,9-12H2,1-4H3,(H2,23,24,27,31). The van der Waals surface area contributed by atoms with Gasteiger partial charge >= 0.3 is 0 Å². The average Bonchev–Trinajstić information content (AvgIpc) is 2.79. The molecule has 0 atom stereocenters. The van der Waals surface area contributed by atoms with Gasteiger partial charge in [0, 0.05) is 43.1 Å². The van der Waals surface area contributed by atoms with Gasteiger partial charge in [-0.25, -0.2) is 0 Å². The number of nitrogens with zero attached hydrogens (tertiary/aromatic N) is 2. The van der Waals surface area contributed by atoms with Gasteiger partial charge in [-0.3, -0.25) is 10.1 Å². The molecule has 1 fully saturated rings. The van der Waals surface area contributed by atoms with E-state index in [0.29, 0.717) is 22.8 Å². The molecule has 2 N–H and O–H groups in total. The monoisotopic (exact) mass is 444 g/mol. The van der Waals surface area contributed by atoms with Gasteiger partial charge in [-0.15, -0.1) is 0 Å². The third-order valence-electron chi connectivity index (χ3n) is 5.15. The smallest absolute Gasteiger partial charge is 0.257 e. The molecular formula is C22H28N4O4S. The van der Waals surface area contributed by atoms with Crippen LogP contribution in [0.4, 0.5) is 11.4 Å². The summed E-state index contributed by atoms with van der Waals surface area (Å²) in [6.07, 6.45) is 0. The van der Waals surface area contributed by atoms with Crippen molar-refractivity contribution in [1.82, 2.24) is 10.2 Å².